The highest BCUT2D eigenvalue weighted by Gasteiger charge is 2.29. The van der Waals surface area contributed by atoms with Crippen LogP contribution in [0.3, 0.4) is 0 Å². The Kier molecular flexibility index (Phi) is 7.40. The summed E-state index contributed by atoms with van der Waals surface area (Å²) in [5.74, 6) is -0.0444. The molecule has 3 aromatic rings. The fourth-order valence-corrected chi connectivity index (χ4v) is 4.48. The van der Waals surface area contributed by atoms with Gasteiger partial charge in [-0.3, -0.25) is 0 Å². The van der Waals surface area contributed by atoms with E-state index >= 15 is 0 Å². The zero-order chi connectivity index (χ0) is 23.2. The topological polar surface area (TPSA) is 99.0 Å². The molecule has 2 unspecified atom stereocenters. The molecule has 0 spiro atoms. The van der Waals surface area contributed by atoms with E-state index in [9.17, 15) is 15.0 Å². The first-order valence-electron chi connectivity index (χ1n) is 11.2. The minimum Gasteiger partial charge on any atom is -0.449 e. The first-order chi connectivity index (χ1) is 16.1. The average Bonchev–Trinajstić information content (AvgIpc) is 3.18. The third-order valence-corrected chi connectivity index (χ3v) is 6.14. The van der Waals surface area contributed by atoms with E-state index in [0.717, 1.165) is 27.8 Å². The number of nitrogens with one attached hydrogen (secondary N) is 1. The van der Waals surface area contributed by atoms with Crippen molar-refractivity contribution in [3.8, 4) is 11.1 Å². The van der Waals surface area contributed by atoms with Gasteiger partial charge in [-0.25, -0.2) is 4.79 Å². The van der Waals surface area contributed by atoms with Gasteiger partial charge in [-0.05, 0) is 46.2 Å². The van der Waals surface area contributed by atoms with Crippen molar-refractivity contribution >= 4 is 6.09 Å². The Morgan fingerprint density at radius 1 is 0.909 bits per heavy atom. The predicted octanol–water partition coefficient (Wildman–Crippen LogP) is 3.54. The number of fused-ring (bicyclic) bond motifs is 3. The van der Waals surface area contributed by atoms with Crippen LogP contribution in [0.2, 0.25) is 0 Å². The largest absolute Gasteiger partial charge is 0.449 e. The third kappa shape index (κ3) is 5.09. The summed E-state index contributed by atoms with van der Waals surface area (Å²) >= 11 is 0. The highest BCUT2D eigenvalue weighted by Crippen LogP contribution is 2.44. The Labute approximate surface area is 193 Å². The molecular formula is C27H29NO5. The van der Waals surface area contributed by atoms with Crippen molar-refractivity contribution in [2.24, 2.45) is 0 Å². The summed E-state index contributed by atoms with van der Waals surface area (Å²) in [5.41, 5.74) is 6.01. The van der Waals surface area contributed by atoms with Crippen molar-refractivity contribution in [2.75, 3.05) is 19.8 Å². The molecule has 0 saturated heterocycles. The normalized spacial score (nSPS) is 14.3. The van der Waals surface area contributed by atoms with E-state index in [0.29, 0.717) is 18.4 Å². The van der Waals surface area contributed by atoms with E-state index in [1.807, 2.05) is 36.4 Å². The Bertz CT molecular complexity index is 1050. The highest BCUT2D eigenvalue weighted by atomic mass is 16.5. The molecule has 4 rings (SSSR count). The molecule has 0 radical (unpaired) electrons. The SMILES string of the molecule is O=C(NCC(O)C(O)c1ccccc1CCCO)OCC1c2ccccc2-c2ccccc21. The van der Waals surface area contributed by atoms with Gasteiger partial charge in [-0.2, -0.15) is 0 Å². The number of ether oxygens (including phenoxy) is 1. The maximum atomic E-state index is 12.3. The fraction of sp³-hybridized carbons (Fsp3) is 0.296. The van der Waals surface area contributed by atoms with Crippen molar-refractivity contribution in [1.29, 1.82) is 0 Å². The van der Waals surface area contributed by atoms with Gasteiger partial charge in [0.1, 0.15) is 18.8 Å². The van der Waals surface area contributed by atoms with Crippen LogP contribution in [-0.2, 0) is 11.2 Å². The van der Waals surface area contributed by atoms with Crippen molar-refractivity contribution in [1.82, 2.24) is 5.32 Å². The molecule has 0 bridgehead atoms. The second-order valence-electron chi connectivity index (χ2n) is 8.24. The molecular weight excluding hydrogens is 418 g/mol. The summed E-state index contributed by atoms with van der Waals surface area (Å²) in [6.45, 7) is 0.0883. The van der Waals surface area contributed by atoms with Crippen LogP contribution in [0.1, 0.15) is 40.7 Å². The number of benzene rings is 3. The molecule has 0 saturated carbocycles. The Morgan fingerprint density at radius 2 is 1.52 bits per heavy atom. The van der Waals surface area contributed by atoms with Crippen LogP contribution in [0.25, 0.3) is 11.1 Å². The van der Waals surface area contributed by atoms with Gasteiger partial charge in [0, 0.05) is 19.1 Å². The number of carbonyl (C=O) groups is 1. The number of carbonyl (C=O) groups excluding carboxylic acids is 1. The summed E-state index contributed by atoms with van der Waals surface area (Å²) in [4.78, 5) is 12.3. The number of aliphatic hydroxyl groups excluding tert-OH is 3. The van der Waals surface area contributed by atoms with Gasteiger partial charge in [0.25, 0.3) is 0 Å². The summed E-state index contributed by atoms with van der Waals surface area (Å²) in [6, 6.07) is 23.5. The average molecular weight is 448 g/mol. The van der Waals surface area contributed by atoms with Crippen LogP contribution in [-0.4, -0.2) is 47.3 Å². The first-order valence-corrected chi connectivity index (χ1v) is 11.2. The van der Waals surface area contributed by atoms with Crippen LogP contribution in [0.4, 0.5) is 4.79 Å². The molecule has 4 N–H and O–H groups in total. The van der Waals surface area contributed by atoms with E-state index in [1.165, 1.54) is 0 Å². The molecule has 33 heavy (non-hydrogen) atoms. The molecule has 0 heterocycles. The van der Waals surface area contributed by atoms with Crippen molar-refractivity contribution in [3.05, 3.63) is 95.1 Å². The molecule has 1 amide bonds. The molecule has 0 aromatic heterocycles. The van der Waals surface area contributed by atoms with E-state index in [2.05, 4.69) is 29.6 Å². The summed E-state index contributed by atoms with van der Waals surface area (Å²) < 4.78 is 5.48. The molecule has 6 nitrogen and oxygen atoms in total. The fourth-order valence-electron chi connectivity index (χ4n) is 4.48. The van der Waals surface area contributed by atoms with Gasteiger partial charge in [-0.1, -0.05) is 72.8 Å². The van der Waals surface area contributed by atoms with Crippen molar-refractivity contribution in [3.63, 3.8) is 0 Å². The van der Waals surface area contributed by atoms with E-state index in [-0.39, 0.29) is 25.7 Å². The number of hydrogen-bond acceptors (Lipinski definition) is 5. The second-order valence-corrected chi connectivity index (χ2v) is 8.24. The summed E-state index contributed by atoms with van der Waals surface area (Å²) in [6.07, 6.45) is -1.83. The van der Waals surface area contributed by atoms with E-state index in [1.54, 1.807) is 12.1 Å². The van der Waals surface area contributed by atoms with E-state index < -0.39 is 18.3 Å². The van der Waals surface area contributed by atoms with Crippen LogP contribution in [0, 0.1) is 0 Å². The summed E-state index contributed by atoms with van der Waals surface area (Å²) in [5, 5.41) is 32.7. The van der Waals surface area contributed by atoms with Gasteiger partial charge in [0.15, 0.2) is 0 Å². The lowest BCUT2D eigenvalue weighted by Gasteiger charge is -2.21. The lowest BCUT2D eigenvalue weighted by molar-refractivity contribution is 0.0180. The predicted molar refractivity (Wildman–Crippen MR) is 126 cm³/mol. The van der Waals surface area contributed by atoms with Gasteiger partial charge in [0.2, 0.25) is 0 Å². The quantitative estimate of drug-likeness (QED) is 0.402. The second kappa shape index (κ2) is 10.6. The van der Waals surface area contributed by atoms with Gasteiger partial charge >= 0.3 is 6.09 Å². The number of rotatable bonds is 9. The monoisotopic (exact) mass is 447 g/mol. The number of hydrogen-bond donors (Lipinski definition) is 4. The minimum absolute atomic E-state index is 0.0444. The van der Waals surface area contributed by atoms with Crippen LogP contribution < -0.4 is 5.32 Å². The smallest absolute Gasteiger partial charge is 0.407 e. The molecule has 1 aliphatic rings. The zero-order valence-electron chi connectivity index (χ0n) is 18.4. The molecule has 3 aromatic carbocycles. The summed E-state index contributed by atoms with van der Waals surface area (Å²) in [7, 11) is 0. The van der Waals surface area contributed by atoms with Gasteiger partial charge in [0.05, 0.1) is 0 Å². The van der Waals surface area contributed by atoms with Gasteiger partial charge < -0.3 is 25.4 Å². The Morgan fingerprint density at radius 3 is 2.18 bits per heavy atom. The van der Waals surface area contributed by atoms with Crippen LogP contribution in [0.15, 0.2) is 72.8 Å². The first kappa shape index (κ1) is 23.0. The molecule has 1 aliphatic carbocycles. The molecule has 2 atom stereocenters. The minimum atomic E-state index is -1.19. The number of aryl methyl sites for hydroxylation is 1. The number of alkyl carbamates (subject to hydrolysis) is 1. The zero-order valence-corrected chi connectivity index (χ0v) is 18.4. The third-order valence-electron chi connectivity index (χ3n) is 6.14. The number of amides is 1. The maximum Gasteiger partial charge on any atom is 0.407 e. The highest BCUT2D eigenvalue weighted by molar-refractivity contribution is 5.79. The molecule has 0 fully saturated rings. The molecule has 0 aliphatic heterocycles. The van der Waals surface area contributed by atoms with Crippen molar-refractivity contribution in [2.45, 2.75) is 31.0 Å². The maximum absolute atomic E-state index is 12.3. The lowest BCUT2D eigenvalue weighted by Crippen LogP contribution is -2.36. The Hall–Kier alpha value is -3.19. The Balaban J connectivity index is 1.33. The van der Waals surface area contributed by atoms with Crippen LogP contribution >= 0.6 is 0 Å². The van der Waals surface area contributed by atoms with Gasteiger partial charge in [-0.15, -0.1) is 0 Å². The van der Waals surface area contributed by atoms with E-state index in [4.69, 9.17) is 9.84 Å². The standard InChI is InChI=1S/C27H29NO5/c29-15-7-9-18-8-1-2-10-19(18)26(31)25(30)16-28-27(32)33-17-24-22-13-5-3-11-20(22)21-12-4-6-14-23(21)24/h1-6,8,10-14,24-26,29-31H,7,9,15-17H2,(H,28,32). The molecule has 6 heteroatoms. The molecule has 172 valence electrons. The number of aliphatic hydroxyl groups is 3. The van der Waals surface area contributed by atoms with Crippen molar-refractivity contribution < 1.29 is 24.9 Å². The lowest BCUT2D eigenvalue weighted by atomic mass is 9.96. The van der Waals surface area contributed by atoms with Crippen LogP contribution in [0.5, 0.6) is 0 Å².